The van der Waals surface area contributed by atoms with Crippen LogP contribution in [-0.2, 0) is 15.6 Å². The summed E-state index contributed by atoms with van der Waals surface area (Å²) in [5, 5.41) is 10.6. The lowest BCUT2D eigenvalue weighted by Crippen LogP contribution is -2.47. The average molecular weight is 560 g/mol. The van der Waals surface area contributed by atoms with Crippen molar-refractivity contribution in [2.75, 3.05) is 18.8 Å². The lowest BCUT2D eigenvalue weighted by Gasteiger charge is -2.38. The monoisotopic (exact) mass is 559 g/mol. The zero-order valence-corrected chi connectivity index (χ0v) is 21.4. The molecule has 2 heterocycles. The number of halogens is 4. The Morgan fingerprint density at radius 2 is 1.89 bits per heavy atom. The number of hydrogen-bond acceptors (Lipinski definition) is 7. The van der Waals surface area contributed by atoms with Crippen molar-refractivity contribution >= 4 is 42.4 Å². The first kappa shape index (κ1) is 27.3. The van der Waals surface area contributed by atoms with Gasteiger partial charge in [0.15, 0.2) is 15.0 Å². The van der Waals surface area contributed by atoms with Crippen LogP contribution in [0, 0.1) is 11.6 Å². The predicted molar refractivity (Wildman–Crippen MR) is 131 cm³/mol. The van der Waals surface area contributed by atoms with Gasteiger partial charge in [-0.3, -0.25) is 4.79 Å². The van der Waals surface area contributed by atoms with Crippen molar-refractivity contribution in [1.29, 1.82) is 0 Å². The topological polar surface area (TPSA) is 114 Å². The van der Waals surface area contributed by atoms with Gasteiger partial charge in [-0.05, 0) is 56.0 Å². The SMILES string of the molecule is CC(F)(F)CCC1(O)CCN(C(=O)c2ccc(CS(=O)(=O)c3cc(F)cc4sc(N)nc34)cc2F)CC1. The number of fused-ring (bicyclic) bond motifs is 1. The molecule has 3 aromatic rings. The smallest absolute Gasteiger partial charge is 0.256 e. The van der Waals surface area contributed by atoms with Crippen LogP contribution < -0.4 is 5.73 Å². The van der Waals surface area contributed by atoms with Crippen molar-refractivity contribution in [3.63, 3.8) is 0 Å². The second-order valence-electron chi connectivity index (χ2n) is 9.46. The third-order valence-corrected chi connectivity index (χ3v) is 8.93. The van der Waals surface area contributed by atoms with E-state index in [4.69, 9.17) is 5.73 Å². The number of aliphatic hydroxyl groups is 1. The summed E-state index contributed by atoms with van der Waals surface area (Å²) >= 11 is 0.939. The summed E-state index contributed by atoms with van der Waals surface area (Å²) in [5.41, 5.74) is 4.11. The fourth-order valence-corrected chi connectivity index (χ4v) is 6.71. The molecule has 0 aliphatic carbocycles. The molecule has 0 unspecified atom stereocenters. The number of anilines is 1. The summed E-state index contributed by atoms with van der Waals surface area (Å²) in [5.74, 6) is -5.94. The van der Waals surface area contributed by atoms with Crippen LogP contribution in [0.15, 0.2) is 35.2 Å². The van der Waals surface area contributed by atoms with Gasteiger partial charge < -0.3 is 15.7 Å². The van der Waals surface area contributed by atoms with Gasteiger partial charge >= 0.3 is 0 Å². The molecule has 1 saturated heterocycles. The molecule has 200 valence electrons. The Morgan fingerprint density at radius 3 is 2.51 bits per heavy atom. The Labute approximate surface area is 214 Å². The van der Waals surface area contributed by atoms with E-state index in [2.05, 4.69) is 4.98 Å². The first-order chi connectivity index (χ1) is 17.2. The number of likely N-dealkylation sites (tertiary alicyclic amines) is 1. The number of alkyl halides is 2. The first-order valence-electron chi connectivity index (χ1n) is 11.4. The van der Waals surface area contributed by atoms with Crippen LogP contribution in [0.4, 0.5) is 22.7 Å². The van der Waals surface area contributed by atoms with Crippen LogP contribution in [0.25, 0.3) is 10.2 Å². The molecule has 13 heteroatoms. The molecular formula is C24H25F4N3O4S2. The molecular weight excluding hydrogens is 534 g/mol. The van der Waals surface area contributed by atoms with E-state index in [-0.39, 0.29) is 63.7 Å². The standard InChI is InChI=1S/C24H25F4N3O4S2/c1-23(27,28)4-5-24(33)6-8-31(9-7-24)21(32)16-3-2-14(10-17(16)26)13-37(34,35)19-12-15(25)11-18-20(19)30-22(29)36-18/h2-3,10-12,33H,4-9,13H2,1H3,(H2,29,30). The number of aromatic nitrogens is 1. The van der Waals surface area contributed by atoms with E-state index in [0.29, 0.717) is 0 Å². The van der Waals surface area contributed by atoms with Gasteiger partial charge in [0.2, 0.25) is 5.92 Å². The van der Waals surface area contributed by atoms with E-state index in [9.17, 15) is 35.9 Å². The van der Waals surface area contributed by atoms with E-state index < -0.39 is 51.1 Å². The number of nitrogens with two attached hydrogens (primary N) is 1. The number of hydrogen-bond donors (Lipinski definition) is 2. The number of nitrogens with zero attached hydrogens (tertiary/aromatic N) is 2. The van der Waals surface area contributed by atoms with E-state index >= 15 is 0 Å². The van der Waals surface area contributed by atoms with Gasteiger partial charge in [0.05, 0.1) is 26.5 Å². The van der Waals surface area contributed by atoms with Crippen molar-refractivity contribution in [2.24, 2.45) is 0 Å². The van der Waals surface area contributed by atoms with Crippen LogP contribution in [0.3, 0.4) is 0 Å². The van der Waals surface area contributed by atoms with Gasteiger partial charge in [0.25, 0.3) is 5.91 Å². The number of carbonyl (C=O) groups excluding carboxylic acids is 1. The Morgan fingerprint density at radius 1 is 1.22 bits per heavy atom. The molecule has 1 amide bonds. The minimum Gasteiger partial charge on any atom is -0.390 e. The van der Waals surface area contributed by atoms with Crippen LogP contribution in [0.1, 0.15) is 48.5 Å². The molecule has 37 heavy (non-hydrogen) atoms. The minimum absolute atomic E-state index is 0.0314. The maximum atomic E-state index is 14.9. The van der Waals surface area contributed by atoms with Gasteiger partial charge in [-0.2, -0.15) is 0 Å². The molecule has 3 N–H and O–H groups in total. The Hall–Kier alpha value is -2.77. The third-order valence-electron chi connectivity index (χ3n) is 6.41. The molecule has 0 radical (unpaired) electrons. The van der Waals surface area contributed by atoms with E-state index in [0.717, 1.165) is 36.5 Å². The Balaban J connectivity index is 1.47. The van der Waals surface area contributed by atoms with Gasteiger partial charge in [-0.1, -0.05) is 17.4 Å². The number of piperidine rings is 1. The number of carbonyl (C=O) groups is 1. The molecule has 0 saturated carbocycles. The fourth-order valence-electron chi connectivity index (χ4n) is 4.34. The van der Waals surface area contributed by atoms with E-state index in [1.165, 1.54) is 17.0 Å². The van der Waals surface area contributed by atoms with Crippen molar-refractivity contribution in [3.05, 3.63) is 53.1 Å². The molecule has 1 fully saturated rings. The number of sulfone groups is 1. The van der Waals surface area contributed by atoms with Gasteiger partial charge in [0.1, 0.15) is 17.2 Å². The van der Waals surface area contributed by atoms with Crippen LogP contribution in [0.2, 0.25) is 0 Å². The number of benzene rings is 2. The lowest BCUT2D eigenvalue weighted by molar-refractivity contribution is -0.0571. The summed E-state index contributed by atoms with van der Waals surface area (Å²) in [6, 6.07) is 5.36. The van der Waals surface area contributed by atoms with Crippen molar-refractivity contribution < 1.29 is 35.9 Å². The highest BCUT2D eigenvalue weighted by Gasteiger charge is 2.37. The number of amides is 1. The molecule has 1 aliphatic heterocycles. The zero-order valence-electron chi connectivity index (χ0n) is 19.8. The number of thiazole rings is 1. The highest BCUT2D eigenvalue weighted by Crippen LogP contribution is 2.33. The minimum atomic E-state index is -4.14. The van der Waals surface area contributed by atoms with E-state index in [1.807, 2.05) is 0 Å². The molecule has 1 aromatic heterocycles. The highest BCUT2D eigenvalue weighted by molar-refractivity contribution is 7.90. The predicted octanol–water partition coefficient (Wildman–Crippen LogP) is 4.53. The molecule has 4 rings (SSSR count). The zero-order chi connectivity index (χ0) is 27.2. The quantitative estimate of drug-likeness (QED) is 0.411. The number of nitrogen functional groups attached to an aromatic ring is 1. The Kier molecular flexibility index (Phi) is 7.25. The molecule has 0 spiro atoms. The maximum absolute atomic E-state index is 14.9. The fraction of sp³-hybridized carbons (Fsp3) is 0.417. The van der Waals surface area contributed by atoms with Gasteiger partial charge in [-0.25, -0.2) is 31.0 Å². The maximum Gasteiger partial charge on any atom is 0.256 e. The Bertz CT molecular complexity index is 1450. The van der Waals surface area contributed by atoms with Gasteiger partial charge in [0, 0.05) is 19.5 Å². The summed E-state index contributed by atoms with van der Waals surface area (Å²) in [7, 11) is -4.14. The number of rotatable bonds is 7. The van der Waals surface area contributed by atoms with Crippen molar-refractivity contribution in [3.8, 4) is 0 Å². The second-order valence-corrected chi connectivity index (χ2v) is 12.5. The lowest BCUT2D eigenvalue weighted by atomic mass is 9.86. The van der Waals surface area contributed by atoms with Crippen LogP contribution >= 0.6 is 11.3 Å². The van der Waals surface area contributed by atoms with Crippen LogP contribution in [-0.4, -0.2) is 53.9 Å². The first-order valence-corrected chi connectivity index (χ1v) is 13.9. The molecule has 2 aromatic carbocycles. The van der Waals surface area contributed by atoms with Crippen LogP contribution in [0.5, 0.6) is 0 Å². The normalized spacial score (nSPS) is 16.3. The van der Waals surface area contributed by atoms with Gasteiger partial charge in [-0.15, -0.1) is 0 Å². The summed E-state index contributed by atoms with van der Waals surface area (Å²) in [6.07, 6.45) is -0.430. The molecule has 0 atom stereocenters. The molecule has 1 aliphatic rings. The van der Waals surface area contributed by atoms with Crippen molar-refractivity contribution in [2.45, 2.75) is 54.8 Å². The molecule has 0 bridgehead atoms. The van der Waals surface area contributed by atoms with E-state index in [1.54, 1.807) is 0 Å². The van der Waals surface area contributed by atoms with Crippen molar-refractivity contribution in [1.82, 2.24) is 9.88 Å². The summed E-state index contributed by atoms with van der Waals surface area (Å²) in [6.45, 7) is 0.902. The second kappa shape index (κ2) is 9.84. The summed E-state index contributed by atoms with van der Waals surface area (Å²) < 4.78 is 81.5. The average Bonchev–Trinajstić information content (AvgIpc) is 3.16. The highest BCUT2D eigenvalue weighted by atomic mass is 32.2. The molecule has 7 nitrogen and oxygen atoms in total. The third kappa shape index (κ3) is 6.21. The summed E-state index contributed by atoms with van der Waals surface area (Å²) in [4.78, 5) is 17.8. The largest absolute Gasteiger partial charge is 0.390 e.